The second kappa shape index (κ2) is 5.52. The van der Waals surface area contributed by atoms with Crippen LogP contribution in [-0.4, -0.2) is 25.6 Å². The van der Waals surface area contributed by atoms with Crippen molar-refractivity contribution in [1.29, 1.82) is 0 Å². The summed E-state index contributed by atoms with van der Waals surface area (Å²) in [6, 6.07) is 4.00. The molecule has 1 heterocycles. The molecule has 1 N–H and O–H groups in total. The van der Waals surface area contributed by atoms with E-state index in [1.807, 2.05) is 6.92 Å². The van der Waals surface area contributed by atoms with Gasteiger partial charge in [0.15, 0.2) is 0 Å². The first-order chi connectivity index (χ1) is 9.56. The summed E-state index contributed by atoms with van der Waals surface area (Å²) in [5.41, 5.74) is -0.319. The number of rotatable bonds is 5. The van der Waals surface area contributed by atoms with Gasteiger partial charge in [-0.2, -0.15) is 0 Å². The summed E-state index contributed by atoms with van der Waals surface area (Å²) in [5, 5.41) is 20.4. The Morgan fingerprint density at radius 1 is 1.50 bits per heavy atom. The van der Waals surface area contributed by atoms with Crippen LogP contribution < -0.4 is 0 Å². The SMILES string of the molecule is CCCc1nccn1-c1c(C(=O)O)cccc1[N+](=O)[O-]. The van der Waals surface area contributed by atoms with Crippen LogP contribution >= 0.6 is 0 Å². The molecule has 2 aromatic rings. The molecule has 104 valence electrons. The van der Waals surface area contributed by atoms with Gasteiger partial charge in [-0.05, 0) is 12.5 Å². The van der Waals surface area contributed by atoms with Gasteiger partial charge in [0.1, 0.15) is 11.5 Å². The maximum absolute atomic E-state index is 11.3. The van der Waals surface area contributed by atoms with Gasteiger partial charge in [-0.1, -0.05) is 13.0 Å². The molecule has 0 aliphatic carbocycles. The van der Waals surface area contributed by atoms with Crippen molar-refractivity contribution in [2.45, 2.75) is 19.8 Å². The number of hydrogen-bond acceptors (Lipinski definition) is 4. The number of benzene rings is 1. The summed E-state index contributed by atoms with van der Waals surface area (Å²) >= 11 is 0. The normalized spacial score (nSPS) is 10.4. The van der Waals surface area contributed by atoms with E-state index in [0.717, 1.165) is 6.42 Å². The van der Waals surface area contributed by atoms with Crippen molar-refractivity contribution in [3.63, 3.8) is 0 Å². The maximum Gasteiger partial charge on any atom is 0.338 e. The van der Waals surface area contributed by atoms with E-state index in [9.17, 15) is 20.0 Å². The lowest BCUT2D eigenvalue weighted by Gasteiger charge is -2.10. The lowest BCUT2D eigenvalue weighted by atomic mass is 10.1. The highest BCUT2D eigenvalue weighted by atomic mass is 16.6. The molecule has 7 heteroatoms. The van der Waals surface area contributed by atoms with Crippen molar-refractivity contribution < 1.29 is 14.8 Å². The number of carboxylic acids is 1. The lowest BCUT2D eigenvalue weighted by molar-refractivity contribution is -0.384. The molecule has 7 nitrogen and oxygen atoms in total. The number of aryl methyl sites for hydroxylation is 1. The molecule has 1 aromatic carbocycles. The smallest absolute Gasteiger partial charge is 0.338 e. The topological polar surface area (TPSA) is 98.3 Å². The first-order valence-corrected chi connectivity index (χ1v) is 6.09. The fourth-order valence-electron chi connectivity index (χ4n) is 2.05. The van der Waals surface area contributed by atoms with Gasteiger partial charge >= 0.3 is 5.97 Å². The second-order valence-electron chi connectivity index (χ2n) is 4.20. The molecule has 0 aliphatic heterocycles. The van der Waals surface area contributed by atoms with Gasteiger partial charge in [0.25, 0.3) is 5.69 Å². The fraction of sp³-hybridized carbons (Fsp3) is 0.231. The molecule has 0 radical (unpaired) electrons. The van der Waals surface area contributed by atoms with E-state index in [1.54, 1.807) is 6.20 Å². The summed E-state index contributed by atoms with van der Waals surface area (Å²) in [4.78, 5) is 26.0. The van der Waals surface area contributed by atoms with E-state index in [1.165, 1.54) is 29.0 Å². The van der Waals surface area contributed by atoms with Crippen LogP contribution in [0, 0.1) is 10.1 Å². The lowest BCUT2D eigenvalue weighted by Crippen LogP contribution is -2.10. The number of carbonyl (C=O) groups is 1. The minimum absolute atomic E-state index is 0.0472. The van der Waals surface area contributed by atoms with E-state index in [4.69, 9.17) is 0 Å². The number of hydrogen-bond donors (Lipinski definition) is 1. The van der Waals surface area contributed by atoms with Crippen molar-refractivity contribution >= 4 is 11.7 Å². The molecule has 0 unspecified atom stereocenters. The van der Waals surface area contributed by atoms with Crippen molar-refractivity contribution in [3.8, 4) is 5.69 Å². The van der Waals surface area contributed by atoms with Crippen molar-refractivity contribution in [2.24, 2.45) is 0 Å². The molecule has 0 saturated heterocycles. The highest BCUT2D eigenvalue weighted by Crippen LogP contribution is 2.28. The number of aromatic nitrogens is 2. The molecular formula is C13H13N3O4. The van der Waals surface area contributed by atoms with Crippen LogP contribution in [0.5, 0.6) is 0 Å². The Labute approximate surface area is 114 Å². The van der Waals surface area contributed by atoms with Crippen molar-refractivity contribution in [2.75, 3.05) is 0 Å². The predicted octanol–water partition coefficient (Wildman–Crippen LogP) is 2.43. The molecule has 0 amide bonds. The Balaban J connectivity index is 2.73. The van der Waals surface area contributed by atoms with Crippen LogP contribution in [0.25, 0.3) is 5.69 Å². The molecule has 0 bridgehead atoms. The third-order valence-electron chi connectivity index (χ3n) is 2.87. The zero-order chi connectivity index (χ0) is 14.7. The van der Waals surface area contributed by atoms with Gasteiger partial charge in [0, 0.05) is 24.9 Å². The van der Waals surface area contributed by atoms with Gasteiger partial charge in [0.05, 0.1) is 10.5 Å². The Hall–Kier alpha value is -2.70. The molecule has 0 saturated carbocycles. The molecule has 0 spiro atoms. The van der Waals surface area contributed by atoms with Gasteiger partial charge < -0.3 is 5.11 Å². The van der Waals surface area contributed by atoms with Crippen LogP contribution in [0.2, 0.25) is 0 Å². The third kappa shape index (κ3) is 2.37. The summed E-state index contributed by atoms with van der Waals surface area (Å²) in [6.07, 6.45) is 4.46. The summed E-state index contributed by atoms with van der Waals surface area (Å²) in [5.74, 6) is -0.607. The second-order valence-corrected chi connectivity index (χ2v) is 4.20. The average Bonchev–Trinajstić information content (AvgIpc) is 2.86. The Kier molecular flexibility index (Phi) is 3.79. The van der Waals surface area contributed by atoms with Crippen LogP contribution in [0.4, 0.5) is 5.69 Å². The average molecular weight is 275 g/mol. The van der Waals surface area contributed by atoms with E-state index < -0.39 is 10.9 Å². The molecule has 0 fully saturated rings. The number of imidazole rings is 1. The van der Waals surface area contributed by atoms with Gasteiger partial charge in [-0.25, -0.2) is 9.78 Å². The number of nitro benzene ring substituents is 1. The first kappa shape index (κ1) is 13.7. The van der Waals surface area contributed by atoms with Gasteiger partial charge in [-0.15, -0.1) is 0 Å². The molecule has 1 aromatic heterocycles. The monoisotopic (exact) mass is 275 g/mol. The quantitative estimate of drug-likeness (QED) is 0.667. The van der Waals surface area contributed by atoms with Crippen LogP contribution in [0.3, 0.4) is 0 Å². The van der Waals surface area contributed by atoms with Crippen LogP contribution in [-0.2, 0) is 6.42 Å². The first-order valence-electron chi connectivity index (χ1n) is 6.09. The van der Waals surface area contributed by atoms with Crippen LogP contribution in [0.1, 0.15) is 29.5 Å². The predicted molar refractivity (Wildman–Crippen MR) is 71.2 cm³/mol. The van der Waals surface area contributed by atoms with E-state index in [0.29, 0.717) is 12.2 Å². The van der Waals surface area contributed by atoms with E-state index in [-0.39, 0.29) is 16.9 Å². The Morgan fingerprint density at radius 3 is 2.85 bits per heavy atom. The van der Waals surface area contributed by atoms with E-state index in [2.05, 4.69) is 4.98 Å². The largest absolute Gasteiger partial charge is 0.478 e. The zero-order valence-corrected chi connectivity index (χ0v) is 10.8. The van der Waals surface area contributed by atoms with Crippen molar-refractivity contribution in [1.82, 2.24) is 9.55 Å². The number of carboxylic acid groups (broad SMARTS) is 1. The molecule has 2 rings (SSSR count). The summed E-state index contributed by atoms with van der Waals surface area (Å²) < 4.78 is 1.48. The summed E-state index contributed by atoms with van der Waals surface area (Å²) in [6.45, 7) is 1.95. The number of nitrogens with zero attached hydrogens (tertiary/aromatic N) is 3. The maximum atomic E-state index is 11.3. The number of para-hydroxylation sites is 1. The Morgan fingerprint density at radius 2 is 2.25 bits per heavy atom. The molecule has 20 heavy (non-hydrogen) atoms. The molecule has 0 atom stereocenters. The van der Waals surface area contributed by atoms with Gasteiger partial charge in [-0.3, -0.25) is 14.7 Å². The standard InChI is InChI=1S/C13H13N3O4/c1-2-4-11-14-7-8-15(11)12-9(13(17)18)5-3-6-10(12)16(19)20/h3,5-8H,2,4H2,1H3,(H,17,18). The minimum Gasteiger partial charge on any atom is -0.478 e. The fourth-order valence-corrected chi connectivity index (χ4v) is 2.05. The molecular weight excluding hydrogens is 262 g/mol. The molecule has 0 aliphatic rings. The zero-order valence-electron chi connectivity index (χ0n) is 10.8. The highest BCUT2D eigenvalue weighted by molar-refractivity contribution is 5.94. The van der Waals surface area contributed by atoms with Gasteiger partial charge in [0.2, 0.25) is 0 Å². The van der Waals surface area contributed by atoms with E-state index >= 15 is 0 Å². The number of aromatic carboxylic acids is 1. The summed E-state index contributed by atoms with van der Waals surface area (Å²) in [7, 11) is 0. The Bertz CT molecular complexity index is 631. The minimum atomic E-state index is -1.21. The van der Waals surface area contributed by atoms with Crippen LogP contribution in [0.15, 0.2) is 30.6 Å². The number of nitro groups is 1. The van der Waals surface area contributed by atoms with Crippen molar-refractivity contribution in [3.05, 3.63) is 52.1 Å². The highest BCUT2D eigenvalue weighted by Gasteiger charge is 2.24. The third-order valence-corrected chi connectivity index (χ3v) is 2.87.